The second-order valence-corrected chi connectivity index (χ2v) is 5.58. The van der Waals surface area contributed by atoms with Crippen LogP contribution in [0.25, 0.3) is 0 Å². The van der Waals surface area contributed by atoms with Gasteiger partial charge < -0.3 is 4.74 Å². The summed E-state index contributed by atoms with van der Waals surface area (Å²) in [6, 6.07) is 12.7. The van der Waals surface area contributed by atoms with E-state index in [1.54, 1.807) is 12.1 Å². The molecular weight excluding hydrogens is 302 g/mol. The number of amides is 2. The predicted octanol–water partition coefficient (Wildman–Crippen LogP) is 1.72. The van der Waals surface area contributed by atoms with E-state index in [-0.39, 0.29) is 12.8 Å². The molecule has 2 amide bonds. The summed E-state index contributed by atoms with van der Waals surface area (Å²) in [7, 11) is 0. The Labute approximate surface area is 131 Å². The maximum atomic E-state index is 11.7. The molecule has 22 heavy (non-hydrogen) atoms. The molecule has 1 aromatic heterocycles. The van der Waals surface area contributed by atoms with E-state index in [2.05, 4.69) is 5.32 Å². The van der Waals surface area contributed by atoms with E-state index in [1.165, 1.54) is 11.3 Å². The number of hydrogen-bond donors (Lipinski definition) is 1. The van der Waals surface area contributed by atoms with Gasteiger partial charge in [0.2, 0.25) is 5.91 Å². The fourth-order valence-electron chi connectivity index (χ4n) is 1.77. The van der Waals surface area contributed by atoms with E-state index in [0.717, 1.165) is 10.4 Å². The zero-order chi connectivity index (χ0) is 15.8. The van der Waals surface area contributed by atoms with Crippen molar-refractivity contribution in [2.24, 2.45) is 0 Å². The molecule has 0 unspecified atom stereocenters. The third-order valence-electron chi connectivity index (χ3n) is 2.75. The van der Waals surface area contributed by atoms with Crippen molar-refractivity contribution in [3.63, 3.8) is 0 Å². The third kappa shape index (κ3) is 5.49. The lowest BCUT2D eigenvalue weighted by Gasteiger charge is -2.05. The van der Waals surface area contributed by atoms with Crippen LogP contribution in [0.5, 0.6) is 0 Å². The number of carbonyl (C=O) groups excluding carboxylic acids is 3. The molecule has 0 aliphatic carbocycles. The summed E-state index contributed by atoms with van der Waals surface area (Å²) in [5.74, 6) is -1.54. The van der Waals surface area contributed by atoms with Gasteiger partial charge in [-0.25, -0.2) is 0 Å². The molecule has 0 fully saturated rings. The molecule has 0 aliphatic heterocycles. The summed E-state index contributed by atoms with van der Waals surface area (Å²) in [5.41, 5.74) is 0.808. The number of esters is 1. The van der Waals surface area contributed by atoms with Crippen LogP contribution >= 0.6 is 11.3 Å². The van der Waals surface area contributed by atoms with Crippen LogP contribution in [0.1, 0.15) is 10.4 Å². The van der Waals surface area contributed by atoms with Gasteiger partial charge in [0.25, 0.3) is 5.91 Å². The fraction of sp³-hybridized carbons (Fsp3) is 0.188. The summed E-state index contributed by atoms with van der Waals surface area (Å²) in [6.07, 6.45) is 0.235. The lowest BCUT2D eigenvalue weighted by molar-refractivity contribution is -0.148. The molecule has 0 spiro atoms. The number of carbonyl (C=O) groups is 3. The van der Waals surface area contributed by atoms with Gasteiger partial charge in [0.15, 0.2) is 6.61 Å². The van der Waals surface area contributed by atoms with Crippen LogP contribution in [0.4, 0.5) is 0 Å². The second-order valence-electron chi connectivity index (χ2n) is 4.55. The largest absolute Gasteiger partial charge is 0.455 e. The second kappa shape index (κ2) is 8.09. The molecule has 2 rings (SSSR count). The number of imide groups is 1. The molecule has 114 valence electrons. The van der Waals surface area contributed by atoms with Crippen LogP contribution in [0.2, 0.25) is 0 Å². The molecule has 6 heteroatoms. The van der Waals surface area contributed by atoms with Crippen LogP contribution in [-0.4, -0.2) is 24.4 Å². The van der Waals surface area contributed by atoms with Crippen LogP contribution in [0.15, 0.2) is 47.8 Å². The minimum absolute atomic E-state index is 0.107. The minimum Gasteiger partial charge on any atom is -0.455 e. The van der Waals surface area contributed by atoms with E-state index in [1.807, 2.05) is 35.7 Å². The summed E-state index contributed by atoms with van der Waals surface area (Å²) in [4.78, 5) is 35.6. The topological polar surface area (TPSA) is 72.5 Å². The monoisotopic (exact) mass is 317 g/mol. The SMILES string of the molecule is O=C(COC(=O)Cc1cccs1)NC(=O)Cc1ccccc1. The summed E-state index contributed by atoms with van der Waals surface area (Å²) in [5, 5.41) is 4.05. The van der Waals surface area contributed by atoms with Crippen molar-refractivity contribution in [3.05, 3.63) is 58.3 Å². The van der Waals surface area contributed by atoms with Gasteiger partial charge >= 0.3 is 5.97 Å². The molecule has 0 radical (unpaired) electrons. The summed E-state index contributed by atoms with van der Waals surface area (Å²) < 4.78 is 4.83. The van der Waals surface area contributed by atoms with Crippen LogP contribution in [0.3, 0.4) is 0 Å². The van der Waals surface area contributed by atoms with Crippen molar-refractivity contribution in [2.75, 3.05) is 6.61 Å². The molecule has 0 saturated carbocycles. The van der Waals surface area contributed by atoms with Crippen LogP contribution in [0, 0.1) is 0 Å². The molecule has 0 bridgehead atoms. The summed E-state index contributed by atoms with van der Waals surface area (Å²) in [6.45, 7) is -0.454. The Hall–Kier alpha value is -2.47. The number of rotatable bonds is 6. The van der Waals surface area contributed by atoms with Crippen molar-refractivity contribution < 1.29 is 19.1 Å². The van der Waals surface area contributed by atoms with Gasteiger partial charge in [-0.05, 0) is 17.0 Å². The van der Waals surface area contributed by atoms with Crippen LogP contribution < -0.4 is 5.32 Å². The fourth-order valence-corrected chi connectivity index (χ4v) is 2.46. The number of ether oxygens (including phenoxy) is 1. The third-order valence-corrected chi connectivity index (χ3v) is 3.63. The molecule has 0 aliphatic rings. The molecule has 2 aromatic rings. The van der Waals surface area contributed by atoms with Gasteiger partial charge in [-0.1, -0.05) is 36.4 Å². The Bertz CT molecular complexity index is 637. The van der Waals surface area contributed by atoms with Crippen molar-refractivity contribution in [1.29, 1.82) is 0 Å². The highest BCUT2D eigenvalue weighted by Gasteiger charge is 2.12. The first kappa shape index (κ1) is 15.9. The van der Waals surface area contributed by atoms with E-state index < -0.39 is 24.4 Å². The Kier molecular flexibility index (Phi) is 5.85. The van der Waals surface area contributed by atoms with E-state index >= 15 is 0 Å². The van der Waals surface area contributed by atoms with E-state index in [9.17, 15) is 14.4 Å². The Morgan fingerprint density at radius 3 is 2.41 bits per heavy atom. The minimum atomic E-state index is -0.625. The van der Waals surface area contributed by atoms with Crippen molar-refractivity contribution >= 4 is 29.1 Å². The van der Waals surface area contributed by atoms with Gasteiger partial charge in [-0.15, -0.1) is 11.3 Å². The highest BCUT2D eigenvalue weighted by atomic mass is 32.1. The van der Waals surface area contributed by atoms with Gasteiger partial charge in [-0.2, -0.15) is 0 Å². The van der Waals surface area contributed by atoms with Gasteiger partial charge in [0, 0.05) is 4.88 Å². The quantitative estimate of drug-likeness (QED) is 0.823. The average molecular weight is 317 g/mol. The smallest absolute Gasteiger partial charge is 0.311 e. The van der Waals surface area contributed by atoms with Crippen molar-refractivity contribution in [2.45, 2.75) is 12.8 Å². The standard InChI is InChI=1S/C16H15NO4S/c18-14(9-12-5-2-1-3-6-12)17-15(19)11-21-16(20)10-13-7-4-8-22-13/h1-8H,9-11H2,(H,17,18,19). The predicted molar refractivity (Wildman–Crippen MR) is 82.3 cm³/mol. The first-order chi connectivity index (χ1) is 10.6. The van der Waals surface area contributed by atoms with Crippen LogP contribution in [-0.2, 0) is 32.0 Å². The first-order valence-electron chi connectivity index (χ1n) is 6.68. The molecule has 1 N–H and O–H groups in total. The molecule has 1 heterocycles. The number of benzene rings is 1. The Morgan fingerprint density at radius 2 is 1.73 bits per heavy atom. The summed E-state index contributed by atoms with van der Waals surface area (Å²) >= 11 is 1.44. The average Bonchev–Trinajstić information content (AvgIpc) is 2.99. The lowest BCUT2D eigenvalue weighted by Crippen LogP contribution is -2.35. The lowest BCUT2D eigenvalue weighted by atomic mass is 10.1. The first-order valence-corrected chi connectivity index (χ1v) is 7.56. The normalized spacial score (nSPS) is 10.0. The molecule has 0 saturated heterocycles. The highest BCUT2D eigenvalue weighted by Crippen LogP contribution is 2.09. The Balaban J connectivity index is 1.69. The maximum absolute atomic E-state index is 11.7. The number of nitrogens with one attached hydrogen (secondary N) is 1. The van der Waals surface area contributed by atoms with Crippen molar-refractivity contribution in [3.8, 4) is 0 Å². The Morgan fingerprint density at radius 1 is 0.955 bits per heavy atom. The van der Waals surface area contributed by atoms with E-state index in [0.29, 0.717) is 0 Å². The van der Waals surface area contributed by atoms with Gasteiger partial charge in [0.05, 0.1) is 12.8 Å². The van der Waals surface area contributed by atoms with Crippen molar-refractivity contribution in [1.82, 2.24) is 5.32 Å². The highest BCUT2D eigenvalue weighted by molar-refractivity contribution is 7.10. The molecule has 0 atom stereocenters. The molecule has 5 nitrogen and oxygen atoms in total. The number of hydrogen-bond acceptors (Lipinski definition) is 5. The van der Waals surface area contributed by atoms with Gasteiger partial charge in [-0.3, -0.25) is 19.7 Å². The van der Waals surface area contributed by atoms with E-state index in [4.69, 9.17) is 4.74 Å². The zero-order valence-corrected chi connectivity index (χ0v) is 12.6. The zero-order valence-electron chi connectivity index (χ0n) is 11.8. The number of thiophene rings is 1. The van der Waals surface area contributed by atoms with Gasteiger partial charge in [0.1, 0.15) is 0 Å². The molecular formula is C16H15NO4S. The maximum Gasteiger partial charge on any atom is 0.311 e. The molecule has 1 aromatic carbocycles.